The first-order valence-electron chi connectivity index (χ1n) is 13.2. The second-order valence-electron chi connectivity index (χ2n) is 9.27. The van der Waals surface area contributed by atoms with Crippen LogP contribution in [-0.2, 0) is 25.8 Å². The Morgan fingerprint density at radius 3 is 2.25 bits per heavy atom. The standard InChI is InChI=1S/C29H36N6O/c1-4-7-13-26-25(29(36)35(19-6-3)27(30-26)14-8-5-2)20-21-15-17-22(18-16-21)23-11-9-10-12-24(23)28-31-33-34-32-28/h9-12,15-18H,4-8,13-14,19-20H2,1-3H3,(H,31,32,33,34). The summed E-state index contributed by atoms with van der Waals surface area (Å²) in [6, 6.07) is 16.5. The van der Waals surface area contributed by atoms with Gasteiger partial charge in [-0.25, -0.2) is 4.98 Å². The van der Waals surface area contributed by atoms with Crippen LogP contribution < -0.4 is 5.56 Å². The molecule has 0 aliphatic rings. The minimum absolute atomic E-state index is 0.135. The topological polar surface area (TPSA) is 89.4 Å². The van der Waals surface area contributed by atoms with E-state index in [1.807, 2.05) is 22.8 Å². The maximum absolute atomic E-state index is 13.7. The van der Waals surface area contributed by atoms with Crippen LogP contribution >= 0.6 is 0 Å². The van der Waals surface area contributed by atoms with Gasteiger partial charge in [0.2, 0.25) is 5.82 Å². The number of nitrogens with one attached hydrogen (secondary N) is 1. The molecule has 7 heteroatoms. The van der Waals surface area contributed by atoms with Crippen molar-refractivity contribution >= 4 is 0 Å². The molecule has 0 unspecified atom stereocenters. The summed E-state index contributed by atoms with van der Waals surface area (Å²) in [5, 5.41) is 14.5. The average Bonchev–Trinajstić information content (AvgIpc) is 3.45. The lowest BCUT2D eigenvalue weighted by molar-refractivity contribution is 0.568. The molecule has 4 aromatic rings. The molecule has 4 rings (SSSR count). The van der Waals surface area contributed by atoms with Crippen LogP contribution in [0.2, 0.25) is 0 Å². The third-order valence-corrected chi connectivity index (χ3v) is 6.55. The largest absolute Gasteiger partial charge is 0.296 e. The van der Waals surface area contributed by atoms with E-state index < -0.39 is 0 Å². The number of unbranched alkanes of at least 4 members (excludes halogenated alkanes) is 2. The normalized spacial score (nSPS) is 11.2. The monoisotopic (exact) mass is 484 g/mol. The van der Waals surface area contributed by atoms with Crippen molar-refractivity contribution < 1.29 is 0 Å². The fraction of sp³-hybridized carbons (Fsp3) is 0.414. The first kappa shape index (κ1) is 25.5. The van der Waals surface area contributed by atoms with E-state index in [1.54, 1.807) is 0 Å². The van der Waals surface area contributed by atoms with Gasteiger partial charge in [0.15, 0.2) is 0 Å². The van der Waals surface area contributed by atoms with Gasteiger partial charge in [0.1, 0.15) is 5.82 Å². The molecule has 0 atom stereocenters. The van der Waals surface area contributed by atoms with Gasteiger partial charge in [-0.2, -0.15) is 5.21 Å². The van der Waals surface area contributed by atoms with Gasteiger partial charge >= 0.3 is 0 Å². The zero-order chi connectivity index (χ0) is 25.3. The quantitative estimate of drug-likeness (QED) is 0.275. The van der Waals surface area contributed by atoms with E-state index in [4.69, 9.17) is 4.98 Å². The van der Waals surface area contributed by atoms with Gasteiger partial charge in [0.05, 0.1) is 5.69 Å². The van der Waals surface area contributed by atoms with Crippen LogP contribution in [0.15, 0.2) is 53.3 Å². The molecule has 0 saturated carbocycles. The predicted molar refractivity (Wildman–Crippen MR) is 144 cm³/mol. The number of rotatable bonds is 12. The van der Waals surface area contributed by atoms with Crippen molar-refractivity contribution in [1.82, 2.24) is 30.2 Å². The van der Waals surface area contributed by atoms with Gasteiger partial charge in [-0.3, -0.25) is 9.36 Å². The lowest BCUT2D eigenvalue weighted by Crippen LogP contribution is -2.30. The van der Waals surface area contributed by atoms with Crippen molar-refractivity contribution in [2.75, 3.05) is 0 Å². The van der Waals surface area contributed by atoms with Crippen molar-refractivity contribution in [2.24, 2.45) is 0 Å². The van der Waals surface area contributed by atoms with Crippen molar-refractivity contribution in [3.63, 3.8) is 0 Å². The van der Waals surface area contributed by atoms with Crippen LogP contribution in [0.1, 0.15) is 75.5 Å². The predicted octanol–water partition coefficient (Wildman–Crippen LogP) is 5.78. The lowest BCUT2D eigenvalue weighted by atomic mass is 9.96. The Kier molecular flexibility index (Phi) is 8.76. The van der Waals surface area contributed by atoms with Crippen molar-refractivity contribution in [1.29, 1.82) is 0 Å². The van der Waals surface area contributed by atoms with E-state index >= 15 is 0 Å². The molecule has 0 spiro atoms. The van der Waals surface area contributed by atoms with Crippen LogP contribution in [0, 0.1) is 0 Å². The summed E-state index contributed by atoms with van der Waals surface area (Å²) in [5.41, 5.74) is 6.11. The van der Waals surface area contributed by atoms with Crippen molar-refractivity contribution in [3.8, 4) is 22.5 Å². The van der Waals surface area contributed by atoms with Crippen LogP contribution in [0.5, 0.6) is 0 Å². The van der Waals surface area contributed by atoms with E-state index in [1.165, 1.54) is 0 Å². The van der Waals surface area contributed by atoms with E-state index in [2.05, 4.69) is 71.7 Å². The number of aryl methyl sites for hydroxylation is 2. The number of hydrogen-bond acceptors (Lipinski definition) is 5. The Hall–Kier alpha value is -3.61. The van der Waals surface area contributed by atoms with Gasteiger partial charge < -0.3 is 0 Å². The highest BCUT2D eigenvalue weighted by atomic mass is 16.1. The van der Waals surface area contributed by atoms with E-state index in [-0.39, 0.29) is 5.56 Å². The van der Waals surface area contributed by atoms with Gasteiger partial charge in [-0.1, -0.05) is 82.1 Å². The van der Waals surface area contributed by atoms with Crippen LogP contribution in [0.25, 0.3) is 22.5 Å². The minimum Gasteiger partial charge on any atom is -0.296 e. The molecule has 7 nitrogen and oxygen atoms in total. The molecule has 1 N–H and O–H groups in total. The molecule has 0 amide bonds. The summed E-state index contributed by atoms with van der Waals surface area (Å²) in [6.07, 6.45) is 7.49. The fourth-order valence-corrected chi connectivity index (χ4v) is 4.61. The first-order chi connectivity index (χ1) is 17.7. The maximum atomic E-state index is 13.7. The van der Waals surface area contributed by atoms with Gasteiger partial charge in [0.25, 0.3) is 5.56 Å². The average molecular weight is 485 g/mol. The molecule has 2 heterocycles. The zero-order valence-electron chi connectivity index (χ0n) is 21.6. The zero-order valence-corrected chi connectivity index (χ0v) is 21.6. The smallest absolute Gasteiger partial charge is 0.257 e. The van der Waals surface area contributed by atoms with Crippen molar-refractivity contribution in [2.45, 2.75) is 78.7 Å². The Morgan fingerprint density at radius 2 is 1.58 bits per heavy atom. The molecule has 2 aromatic carbocycles. The Bertz CT molecular complexity index is 1310. The molecular weight excluding hydrogens is 448 g/mol. The molecule has 36 heavy (non-hydrogen) atoms. The maximum Gasteiger partial charge on any atom is 0.257 e. The summed E-state index contributed by atoms with van der Waals surface area (Å²) < 4.78 is 1.93. The molecular formula is C29H36N6O. The minimum atomic E-state index is 0.135. The molecule has 0 bridgehead atoms. The molecule has 0 radical (unpaired) electrons. The SMILES string of the molecule is CCCCc1nc(CCCC)n(CCC)c(=O)c1Cc1ccc(-c2ccccc2-c2nn[nH]n2)cc1. The van der Waals surface area contributed by atoms with Crippen LogP contribution in [0.3, 0.4) is 0 Å². The second kappa shape index (κ2) is 12.4. The summed E-state index contributed by atoms with van der Waals surface area (Å²) in [6.45, 7) is 7.20. The van der Waals surface area contributed by atoms with Gasteiger partial charge in [-0.15, -0.1) is 10.2 Å². The third kappa shape index (κ3) is 5.78. The fourth-order valence-electron chi connectivity index (χ4n) is 4.61. The molecule has 188 valence electrons. The second-order valence-corrected chi connectivity index (χ2v) is 9.27. The lowest BCUT2D eigenvalue weighted by Gasteiger charge is -2.17. The van der Waals surface area contributed by atoms with E-state index in [0.717, 1.165) is 90.8 Å². The summed E-state index contributed by atoms with van der Waals surface area (Å²) >= 11 is 0. The summed E-state index contributed by atoms with van der Waals surface area (Å²) in [5.74, 6) is 1.52. The van der Waals surface area contributed by atoms with E-state index in [9.17, 15) is 4.79 Å². The van der Waals surface area contributed by atoms with Crippen molar-refractivity contribution in [3.05, 3.63) is 81.5 Å². The molecule has 0 aliphatic heterocycles. The number of H-pyrrole nitrogens is 1. The molecule has 0 fully saturated rings. The van der Waals surface area contributed by atoms with Gasteiger partial charge in [0, 0.05) is 30.5 Å². The number of nitrogens with zero attached hydrogens (tertiary/aromatic N) is 5. The molecule has 2 aromatic heterocycles. The number of benzene rings is 2. The summed E-state index contributed by atoms with van der Waals surface area (Å²) in [4.78, 5) is 18.8. The highest BCUT2D eigenvalue weighted by molar-refractivity contribution is 5.80. The Labute approximate surface area is 213 Å². The van der Waals surface area contributed by atoms with Gasteiger partial charge in [-0.05, 0) is 47.6 Å². The number of aromatic nitrogens is 6. The van der Waals surface area contributed by atoms with E-state index in [0.29, 0.717) is 12.2 Å². The highest BCUT2D eigenvalue weighted by Crippen LogP contribution is 2.30. The number of tetrazole rings is 1. The number of aromatic amines is 1. The summed E-state index contributed by atoms with van der Waals surface area (Å²) in [7, 11) is 0. The number of hydrogen-bond donors (Lipinski definition) is 1. The Morgan fingerprint density at radius 1 is 0.861 bits per heavy atom. The van der Waals surface area contributed by atoms with Crippen LogP contribution in [-0.4, -0.2) is 30.2 Å². The third-order valence-electron chi connectivity index (χ3n) is 6.55. The van der Waals surface area contributed by atoms with Crippen LogP contribution in [0.4, 0.5) is 0 Å². The Balaban J connectivity index is 1.67. The highest BCUT2D eigenvalue weighted by Gasteiger charge is 2.17. The first-order valence-corrected chi connectivity index (χ1v) is 13.2. The molecule has 0 saturated heterocycles. The molecule has 0 aliphatic carbocycles.